The Balaban J connectivity index is 2.81. The lowest BCUT2D eigenvalue weighted by Crippen LogP contribution is -1.97. The van der Waals surface area contributed by atoms with E-state index in [1.54, 1.807) is 0 Å². The zero-order chi connectivity index (χ0) is 7.56. The van der Waals surface area contributed by atoms with Crippen LogP contribution in [0.2, 0.25) is 0 Å². The average molecular weight is 135 g/mol. The van der Waals surface area contributed by atoms with E-state index in [2.05, 4.69) is 0 Å². The molecule has 1 rings (SSSR count). The highest BCUT2D eigenvalue weighted by molar-refractivity contribution is 5.27. The van der Waals surface area contributed by atoms with Crippen LogP contribution >= 0.6 is 0 Å². The van der Waals surface area contributed by atoms with Gasteiger partial charge in [-0.15, -0.1) is 0 Å². The van der Waals surface area contributed by atoms with Gasteiger partial charge in [-0.05, 0) is 31.9 Å². The minimum absolute atomic E-state index is 0.458. The van der Waals surface area contributed by atoms with Gasteiger partial charge in [0.1, 0.15) is 6.07 Å². The van der Waals surface area contributed by atoms with Gasteiger partial charge in [0.25, 0.3) is 0 Å². The minimum atomic E-state index is 0.458. The van der Waals surface area contributed by atoms with E-state index in [0.717, 1.165) is 17.8 Å². The van der Waals surface area contributed by atoms with Gasteiger partial charge in [-0.3, -0.25) is 0 Å². The molecular formula is C8H9NO. The minimum Gasteiger partial charge on any atom is -0.451 e. The third-order valence-corrected chi connectivity index (χ3v) is 1.45. The molecule has 2 heteroatoms. The van der Waals surface area contributed by atoms with Crippen LogP contribution in [0.15, 0.2) is 23.2 Å². The Bertz CT molecular complexity index is 242. The van der Waals surface area contributed by atoms with Gasteiger partial charge in [-0.25, -0.2) is 0 Å². The van der Waals surface area contributed by atoms with Crippen molar-refractivity contribution in [3.63, 3.8) is 0 Å². The molecule has 0 spiro atoms. The fraction of sp³-hybridized carbons (Fsp3) is 0.375. The standard InChI is InChI=1S/C8H9NO/c1-6-3-4-7(2)10-8(6)5-9/h4H,3H2,1-2H3. The van der Waals surface area contributed by atoms with Crippen molar-refractivity contribution in [2.75, 3.05) is 0 Å². The molecule has 0 N–H and O–H groups in total. The average Bonchev–Trinajstić information content (AvgIpc) is 1.94. The van der Waals surface area contributed by atoms with E-state index >= 15 is 0 Å². The van der Waals surface area contributed by atoms with Gasteiger partial charge in [0.2, 0.25) is 5.76 Å². The molecule has 0 aromatic heterocycles. The second-order valence-electron chi connectivity index (χ2n) is 2.34. The van der Waals surface area contributed by atoms with Crippen molar-refractivity contribution < 1.29 is 4.74 Å². The molecular weight excluding hydrogens is 126 g/mol. The highest BCUT2D eigenvalue weighted by atomic mass is 16.5. The molecule has 0 aromatic rings. The van der Waals surface area contributed by atoms with Gasteiger partial charge in [-0.1, -0.05) is 0 Å². The molecule has 2 nitrogen and oxygen atoms in total. The first kappa shape index (κ1) is 6.88. The predicted molar refractivity (Wildman–Crippen MR) is 37.8 cm³/mol. The SMILES string of the molecule is CC1=CCC(C)=C(C#N)O1. The summed E-state index contributed by atoms with van der Waals surface area (Å²) in [5.74, 6) is 1.28. The third kappa shape index (κ3) is 1.19. The van der Waals surface area contributed by atoms with E-state index in [4.69, 9.17) is 10.00 Å². The molecule has 1 heterocycles. The van der Waals surface area contributed by atoms with E-state index in [-0.39, 0.29) is 0 Å². The van der Waals surface area contributed by atoms with Crippen molar-refractivity contribution in [2.45, 2.75) is 20.3 Å². The van der Waals surface area contributed by atoms with E-state index in [1.165, 1.54) is 0 Å². The van der Waals surface area contributed by atoms with Crippen molar-refractivity contribution in [1.82, 2.24) is 0 Å². The zero-order valence-corrected chi connectivity index (χ0v) is 6.14. The Kier molecular flexibility index (Phi) is 1.77. The van der Waals surface area contributed by atoms with E-state index < -0.39 is 0 Å². The molecule has 0 saturated heterocycles. The van der Waals surface area contributed by atoms with Gasteiger partial charge in [0.15, 0.2) is 0 Å². The normalized spacial score (nSPS) is 17.5. The van der Waals surface area contributed by atoms with Crippen LogP contribution in [0.25, 0.3) is 0 Å². The number of nitrogens with zero attached hydrogens (tertiary/aromatic N) is 1. The van der Waals surface area contributed by atoms with Crippen molar-refractivity contribution in [3.05, 3.63) is 23.2 Å². The van der Waals surface area contributed by atoms with Crippen LogP contribution in [0, 0.1) is 11.3 Å². The fourth-order valence-corrected chi connectivity index (χ4v) is 0.798. The summed E-state index contributed by atoms with van der Waals surface area (Å²) in [7, 11) is 0. The van der Waals surface area contributed by atoms with Crippen LogP contribution in [-0.4, -0.2) is 0 Å². The van der Waals surface area contributed by atoms with Crippen LogP contribution in [0.3, 0.4) is 0 Å². The Hall–Kier alpha value is -1.23. The second kappa shape index (κ2) is 2.57. The summed E-state index contributed by atoms with van der Waals surface area (Å²) in [6.45, 7) is 3.76. The van der Waals surface area contributed by atoms with Gasteiger partial charge in [-0.2, -0.15) is 5.26 Å². The summed E-state index contributed by atoms with van der Waals surface area (Å²) in [4.78, 5) is 0. The number of hydrogen-bond acceptors (Lipinski definition) is 2. The van der Waals surface area contributed by atoms with Crippen molar-refractivity contribution in [2.24, 2.45) is 0 Å². The molecule has 0 aromatic carbocycles. The van der Waals surface area contributed by atoms with Crippen molar-refractivity contribution in [1.29, 1.82) is 5.26 Å². The second-order valence-corrected chi connectivity index (χ2v) is 2.34. The fourth-order valence-electron chi connectivity index (χ4n) is 0.798. The maximum absolute atomic E-state index is 8.52. The first-order valence-electron chi connectivity index (χ1n) is 3.18. The molecule has 0 aliphatic carbocycles. The number of rotatable bonds is 0. The quantitative estimate of drug-likeness (QED) is 0.509. The first-order valence-corrected chi connectivity index (χ1v) is 3.18. The Morgan fingerprint density at radius 2 is 2.30 bits per heavy atom. The third-order valence-electron chi connectivity index (χ3n) is 1.45. The van der Waals surface area contributed by atoms with Gasteiger partial charge in [0, 0.05) is 0 Å². The number of nitriles is 1. The summed E-state index contributed by atoms with van der Waals surface area (Å²) in [6.07, 6.45) is 2.81. The monoisotopic (exact) mass is 135 g/mol. The number of allylic oxidation sites excluding steroid dienone is 4. The highest BCUT2D eigenvalue weighted by Crippen LogP contribution is 2.19. The van der Waals surface area contributed by atoms with E-state index in [9.17, 15) is 0 Å². The highest BCUT2D eigenvalue weighted by Gasteiger charge is 2.07. The lowest BCUT2D eigenvalue weighted by atomic mass is 10.1. The zero-order valence-electron chi connectivity index (χ0n) is 6.14. The molecule has 1 aliphatic rings. The summed E-state index contributed by atoms with van der Waals surface area (Å²) >= 11 is 0. The number of hydrogen-bond donors (Lipinski definition) is 0. The van der Waals surface area contributed by atoms with Crippen LogP contribution < -0.4 is 0 Å². The lowest BCUT2D eigenvalue weighted by molar-refractivity contribution is 0.310. The first-order chi connectivity index (χ1) is 4.74. The molecule has 0 radical (unpaired) electrons. The molecule has 0 amide bonds. The lowest BCUT2D eigenvalue weighted by Gasteiger charge is -2.11. The Morgan fingerprint density at radius 3 is 2.80 bits per heavy atom. The molecule has 0 unspecified atom stereocenters. The maximum Gasteiger partial charge on any atom is 0.202 e. The van der Waals surface area contributed by atoms with E-state index in [1.807, 2.05) is 26.0 Å². The molecule has 1 aliphatic heterocycles. The molecule has 0 atom stereocenters. The summed E-state index contributed by atoms with van der Waals surface area (Å²) in [5, 5.41) is 8.52. The summed E-state index contributed by atoms with van der Waals surface area (Å²) in [5.41, 5.74) is 1.01. The topological polar surface area (TPSA) is 33.0 Å². The summed E-state index contributed by atoms with van der Waals surface area (Å²) in [6, 6.07) is 2.00. The van der Waals surface area contributed by atoms with Crippen LogP contribution in [-0.2, 0) is 4.74 Å². The molecule has 0 saturated carbocycles. The smallest absolute Gasteiger partial charge is 0.202 e. The molecule has 10 heavy (non-hydrogen) atoms. The maximum atomic E-state index is 8.52. The molecule has 0 bridgehead atoms. The molecule has 52 valence electrons. The van der Waals surface area contributed by atoms with E-state index in [0.29, 0.717) is 5.76 Å². The van der Waals surface area contributed by atoms with Crippen LogP contribution in [0.1, 0.15) is 20.3 Å². The number of ether oxygens (including phenoxy) is 1. The van der Waals surface area contributed by atoms with Crippen molar-refractivity contribution in [3.8, 4) is 6.07 Å². The largest absolute Gasteiger partial charge is 0.451 e. The van der Waals surface area contributed by atoms with Gasteiger partial charge >= 0.3 is 0 Å². The Labute approximate surface area is 60.4 Å². The molecule has 0 fully saturated rings. The summed E-state index contributed by atoms with van der Waals surface area (Å²) < 4.78 is 5.13. The van der Waals surface area contributed by atoms with Crippen LogP contribution in [0.4, 0.5) is 0 Å². The van der Waals surface area contributed by atoms with Gasteiger partial charge in [0.05, 0.1) is 5.76 Å². The van der Waals surface area contributed by atoms with Gasteiger partial charge < -0.3 is 4.74 Å². The Morgan fingerprint density at radius 1 is 1.60 bits per heavy atom. The van der Waals surface area contributed by atoms with Crippen molar-refractivity contribution >= 4 is 0 Å². The predicted octanol–water partition coefficient (Wildman–Crippen LogP) is 2.11. The van der Waals surface area contributed by atoms with Crippen LogP contribution in [0.5, 0.6) is 0 Å².